The highest BCUT2D eigenvalue weighted by Gasteiger charge is 2.39. The lowest BCUT2D eigenvalue weighted by Gasteiger charge is -2.13. The third-order valence-electron chi connectivity index (χ3n) is 5.42. The zero-order valence-corrected chi connectivity index (χ0v) is 20.8. The van der Waals surface area contributed by atoms with Crippen LogP contribution in [-0.2, 0) is 16.1 Å². The van der Waals surface area contributed by atoms with Crippen LogP contribution in [0.25, 0.3) is 0 Å². The summed E-state index contributed by atoms with van der Waals surface area (Å²) in [5.41, 5.74) is 2.65. The number of aryl methyl sites for hydroxylation is 1. The summed E-state index contributed by atoms with van der Waals surface area (Å²) in [7, 11) is 0. The molecule has 1 aliphatic rings. The molecule has 0 bridgehead atoms. The first-order valence-electron chi connectivity index (χ1n) is 11.1. The maximum absolute atomic E-state index is 13.3. The van der Waals surface area contributed by atoms with E-state index in [1.165, 1.54) is 34.3 Å². The fourth-order valence-electron chi connectivity index (χ4n) is 3.57. The van der Waals surface area contributed by atoms with Crippen LogP contribution < -0.4 is 10.6 Å². The van der Waals surface area contributed by atoms with Gasteiger partial charge in [-0.1, -0.05) is 35.5 Å². The normalized spacial score (nSPS) is 13.4. The summed E-state index contributed by atoms with van der Waals surface area (Å²) in [6.07, 6.45) is 1.51. The fourth-order valence-corrected chi connectivity index (χ4v) is 5.13. The molecule has 36 heavy (non-hydrogen) atoms. The van der Waals surface area contributed by atoms with Crippen molar-refractivity contribution in [3.05, 3.63) is 111 Å². The molecule has 0 saturated heterocycles. The van der Waals surface area contributed by atoms with E-state index in [0.717, 1.165) is 10.5 Å². The van der Waals surface area contributed by atoms with Gasteiger partial charge in [0, 0.05) is 16.3 Å². The Bertz CT molecular complexity index is 1430. The summed E-state index contributed by atoms with van der Waals surface area (Å²) >= 11 is 2.57. The number of hydrogen-bond donors (Lipinski definition) is 2. The number of hydrogen-bond acceptors (Lipinski definition) is 7. The van der Waals surface area contributed by atoms with Crippen LogP contribution in [-0.4, -0.2) is 22.6 Å². The third kappa shape index (κ3) is 5.12. The van der Waals surface area contributed by atoms with Crippen molar-refractivity contribution in [2.24, 2.45) is 0 Å². The number of thioether (sulfide) groups is 1. The van der Waals surface area contributed by atoms with Crippen molar-refractivity contribution in [2.75, 3.05) is 10.6 Å². The summed E-state index contributed by atoms with van der Waals surface area (Å²) in [5.74, 6) is -0.475. The van der Waals surface area contributed by atoms with Crippen molar-refractivity contribution < 1.29 is 18.8 Å². The smallest absolute Gasteiger partial charge is 0.278 e. The van der Waals surface area contributed by atoms with E-state index in [0.29, 0.717) is 26.9 Å². The first-order valence-corrected chi connectivity index (χ1v) is 12.8. The van der Waals surface area contributed by atoms with Crippen molar-refractivity contribution in [2.45, 2.75) is 18.4 Å². The monoisotopic (exact) mass is 515 g/mol. The lowest BCUT2D eigenvalue weighted by molar-refractivity contribution is -0.138. The van der Waals surface area contributed by atoms with Crippen molar-refractivity contribution in [3.8, 4) is 0 Å². The second-order valence-corrected chi connectivity index (χ2v) is 10.1. The maximum Gasteiger partial charge on any atom is 0.278 e. The summed E-state index contributed by atoms with van der Waals surface area (Å²) in [4.78, 5) is 41.8. The van der Waals surface area contributed by atoms with Crippen LogP contribution in [0.3, 0.4) is 0 Å². The number of carbonyl (C=O) groups excluding carboxylic acids is 3. The summed E-state index contributed by atoms with van der Waals surface area (Å²) in [6.45, 7) is 2.02. The minimum Gasteiger partial charge on any atom is -0.467 e. The van der Waals surface area contributed by atoms with Gasteiger partial charge in [0.25, 0.3) is 17.7 Å². The number of amides is 3. The highest BCUT2D eigenvalue weighted by atomic mass is 32.2. The Kier molecular flexibility index (Phi) is 6.75. The Labute approximate surface area is 215 Å². The minimum atomic E-state index is -0.417. The van der Waals surface area contributed by atoms with Crippen LogP contribution in [0.2, 0.25) is 0 Å². The van der Waals surface area contributed by atoms with Gasteiger partial charge in [-0.15, -0.1) is 11.3 Å². The van der Waals surface area contributed by atoms with Crippen LogP contribution in [0, 0.1) is 6.92 Å². The van der Waals surface area contributed by atoms with Crippen LogP contribution >= 0.6 is 23.1 Å². The number of benzene rings is 2. The molecule has 0 saturated carbocycles. The lowest BCUT2D eigenvalue weighted by Crippen LogP contribution is -2.31. The Morgan fingerprint density at radius 1 is 0.944 bits per heavy atom. The van der Waals surface area contributed by atoms with Gasteiger partial charge in [0.1, 0.15) is 16.4 Å². The van der Waals surface area contributed by atoms with Crippen molar-refractivity contribution >= 4 is 52.2 Å². The van der Waals surface area contributed by atoms with E-state index < -0.39 is 11.8 Å². The molecule has 3 heterocycles. The van der Waals surface area contributed by atoms with Gasteiger partial charge in [0.05, 0.1) is 17.7 Å². The molecule has 1 aliphatic heterocycles. The Balaban J connectivity index is 1.38. The van der Waals surface area contributed by atoms with Gasteiger partial charge in [-0.3, -0.25) is 19.3 Å². The molecule has 0 aliphatic carbocycles. The number of carbonyl (C=O) groups is 3. The SMILES string of the molecule is Cc1ccc(NC2=C(Sc3ccc(NC(=O)c4cccs4)cc3)C(=O)N(Cc3ccco3)C2=O)cc1. The summed E-state index contributed by atoms with van der Waals surface area (Å²) < 4.78 is 5.36. The number of nitrogens with zero attached hydrogens (tertiary/aromatic N) is 1. The molecule has 2 aromatic carbocycles. The second-order valence-electron chi connectivity index (χ2n) is 8.03. The average Bonchev–Trinajstić information content (AvgIpc) is 3.64. The molecule has 3 amide bonds. The van der Waals surface area contributed by atoms with E-state index in [1.807, 2.05) is 42.6 Å². The van der Waals surface area contributed by atoms with E-state index in [1.54, 1.807) is 42.5 Å². The van der Waals surface area contributed by atoms with Crippen LogP contribution in [0.1, 0.15) is 21.0 Å². The van der Waals surface area contributed by atoms with Gasteiger partial charge < -0.3 is 15.1 Å². The molecule has 9 heteroatoms. The number of nitrogens with one attached hydrogen (secondary N) is 2. The predicted molar refractivity (Wildman–Crippen MR) is 141 cm³/mol. The van der Waals surface area contributed by atoms with E-state index in [-0.39, 0.29) is 18.1 Å². The lowest BCUT2D eigenvalue weighted by atomic mass is 10.2. The van der Waals surface area contributed by atoms with Gasteiger partial charge in [0.2, 0.25) is 0 Å². The van der Waals surface area contributed by atoms with Gasteiger partial charge >= 0.3 is 0 Å². The van der Waals surface area contributed by atoms with E-state index >= 15 is 0 Å². The van der Waals surface area contributed by atoms with Gasteiger partial charge in [-0.25, -0.2) is 0 Å². The summed E-state index contributed by atoms with van der Waals surface area (Å²) in [6, 6.07) is 21.8. The molecule has 180 valence electrons. The van der Waals surface area contributed by atoms with E-state index in [2.05, 4.69) is 10.6 Å². The molecule has 0 radical (unpaired) electrons. The fraction of sp³-hybridized carbons (Fsp3) is 0.0741. The zero-order valence-electron chi connectivity index (χ0n) is 19.2. The topological polar surface area (TPSA) is 91.7 Å². The quantitative estimate of drug-likeness (QED) is 0.285. The molecular formula is C27H21N3O4S2. The molecule has 0 spiro atoms. The number of furan rings is 1. The summed E-state index contributed by atoms with van der Waals surface area (Å²) in [5, 5.41) is 7.85. The van der Waals surface area contributed by atoms with Crippen LogP contribution in [0.15, 0.2) is 104 Å². The number of rotatable bonds is 8. The number of anilines is 2. The van der Waals surface area contributed by atoms with Crippen molar-refractivity contribution in [3.63, 3.8) is 0 Å². The molecule has 0 unspecified atom stereocenters. The standard InChI is InChI=1S/C27H21N3O4S2/c1-17-6-8-18(9-7-17)28-23-24(27(33)30(26(23)32)16-20-4-2-14-34-20)36-21-12-10-19(11-13-21)29-25(31)22-5-3-15-35-22/h2-15,28H,16H2,1H3,(H,29,31). The van der Waals surface area contributed by atoms with E-state index in [4.69, 9.17) is 4.42 Å². The molecule has 5 rings (SSSR count). The highest BCUT2D eigenvalue weighted by molar-refractivity contribution is 8.04. The zero-order chi connectivity index (χ0) is 25.1. The number of imide groups is 1. The van der Waals surface area contributed by atoms with E-state index in [9.17, 15) is 14.4 Å². The van der Waals surface area contributed by atoms with Crippen LogP contribution in [0.4, 0.5) is 11.4 Å². The predicted octanol–water partition coefficient (Wildman–Crippen LogP) is 5.89. The molecule has 0 atom stereocenters. The third-order valence-corrected chi connectivity index (χ3v) is 7.38. The molecular weight excluding hydrogens is 494 g/mol. The van der Waals surface area contributed by atoms with Crippen molar-refractivity contribution in [1.29, 1.82) is 0 Å². The van der Waals surface area contributed by atoms with Gasteiger partial charge in [-0.2, -0.15) is 0 Å². The Morgan fingerprint density at radius 2 is 1.69 bits per heavy atom. The molecule has 0 fully saturated rings. The second kappa shape index (κ2) is 10.3. The first kappa shape index (κ1) is 23.7. The van der Waals surface area contributed by atoms with Crippen molar-refractivity contribution in [1.82, 2.24) is 4.90 Å². The molecule has 2 N–H and O–H groups in total. The van der Waals surface area contributed by atoms with Gasteiger partial charge in [0.15, 0.2) is 0 Å². The van der Waals surface area contributed by atoms with Gasteiger partial charge in [-0.05, 0) is 66.9 Å². The molecule has 4 aromatic rings. The molecule has 2 aromatic heterocycles. The highest BCUT2D eigenvalue weighted by Crippen LogP contribution is 2.37. The Morgan fingerprint density at radius 3 is 2.36 bits per heavy atom. The number of thiophene rings is 1. The first-order chi connectivity index (χ1) is 17.5. The molecule has 7 nitrogen and oxygen atoms in total. The maximum atomic E-state index is 13.3. The minimum absolute atomic E-state index is 0.0431. The average molecular weight is 516 g/mol. The van der Waals surface area contributed by atoms with Crippen LogP contribution in [0.5, 0.6) is 0 Å². The largest absolute Gasteiger partial charge is 0.467 e. The Hall–Kier alpha value is -4.08.